The SMILES string of the molecule is S=C1C=CCON1. The van der Waals surface area contributed by atoms with Crippen LogP contribution >= 0.6 is 12.2 Å². The average molecular weight is 115 g/mol. The van der Waals surface area contributed by atoms with E-state index in [0.717, 1.165) is 0 Å². The second kappa shape index (κ2) is 2.04. The van der Waals surface area contributed by atoms with Gasteiger partial charge in [-0.1, -0.05) is 18.3 Å². The van der Waals surface area contributed by atoms with Crippen molar-refractivity contribution in [3.63, 3.8) is 0 Å². The lowest BCUT2D eigenvalue weighted by Crippen LogP contribution is -2.23. The van der Waals surface area contributed by atoms with Gasteiger partial charge in [0.05, 0.1) is 6.61 Å². The molecule has 1 heterocycles. The quantitative estimate of drug-likeness (QED) is 0.462. The first kappa shape index (κ1) is 4.74. The van der Waals surface area contributed by atoms with E-state index < -0.39 is 0 Å². The summed E-state index contributed by atoms with van der Waals surface area (Å²) in [4.78, 5) is 5.35. The number of thiocarbonyl (C=S) groups is 1. The number of hydrogen-bond donors (Lipinski definition) is 1. The van der Waals surface area contributed by atoms with Gasteiger partial charge in [-0.2, -0.15) is 0 Å². The zero-order chi connectivity index (χ0) is 5.11. The molecule has 1 aliphatic rings. The fraction of sp³-hybridized carbons (Fsp3) is 0.250. The number of hydroxylamine groups is 1. The highest BCUT2D eigenvalue weighted by Crippen LogP contribution is 1.84. The van der Waals surface area contributed by atoms with E-state index in [2.05, 4.69) is 17.7 Å². The molecule has 7 heavy (non-hydrogen) atoms. The van der Waals surface area contributed by atoms with E-state index in [-0.39, 0.29) is 0 Å². The Bertz CT molecular complexity index is 110. The van der Waals surface area contributed by atoms with Gasteiger partial charge >= 0.3 is 0 Å². The topological polar surface area (TPSA) is 21.3 Å². The normalized spacial score (nSPS) is 19.1. The van der Waals surface area contributed by atoms with Gasteiger partial charge in [0, 0.05) is 0 Å². The molecule has 0 radical (unpaired) electrons. The molecule has 0 amide bonds. The molecular weight excluding hydrogens is 110 g/mol. The lowest BCUT2D eigenvalue weighted by atomic mass is 10.5. The minimum absolute atomic E-state index is 0.611. The van der Waals surface area contributed by atoms with Crippen LogP contribution in [0.5, 0.6) is 0 Å². The van der Waals surface area contributed by atoms with Gasteiger partial charge in [-0.05, 0) is 6.08 Å². The van der Waals surface area contributed by atoms with Crippen molar-refractivity contribution in [3.05, 3.63) is 12.2 Å². The highest BCUT2D eigenvalue weighted by Gasteiger charge is 1.92. The predicted octanol–water partition coefficient (Wildman–Crippen LogP) is 0.405. The highest BCUT2D eigenvalue weighted by atomic mass is 32.1. The Labute approximate surface area is 47.1 Å². The maximum atomic E-state index is 4.70. The van der Waals surface area contributed by atoms with Gasteiger partial charge < -0.3 is 0 Å². The smallest absolute Gasteiger partial charge is 0.123 e. The van der Waals surface area contributed by atoms with Gasteiger partial charge in [-0.3, -0.25) is 10.3 Å². The van der Waals surface area contributed by atoms with Crippen molar-refractivity contribution >= 4 is 17.2 Å². The first-order chi connectivity index (χ1) is 3.39. The molecule has 0 aromatic carbocycles. The molecule has 1 N–H and O–H groups in total. The minimum Gasteiger partial charge on any atom is -0.271 e. The van der Waals surface area contributed by atoms with Gasteiger partial charge in [-0.25, -0.2) is 0 Å². The van der Waals surface area contributed by atoms with E-state index in [1.165, 1.54) is 0 Å². The van der Waals surface area contributed by atoms with E-state index >= 15 is 0 Å². The van der Waals surface area contributed by atoms with Gasteiger partial charge in [0.25, 0.3) is 0 Å². The van der Waals surface area contributed by atoms with Crippen LogP contribution in [0.25, 0.3) is 0 Å². The van der Waals surface area contributed by atoms with Crippen molar-refractivity contribution in [2.24, 2.45) is 0 Å². The third-order valence-electron chi connectivity index (χ3n) is 0.622. The standard InChI is InChI=1S/C4H5NOS/c7-4-2-1-3-6-5-4/h1-2H,3H2,(H,5,7). The van der Waals surface area contributed by atoms with E-state index in [9.17, 15) is 0 Å². The summed E-state index contributed by atoms with van der Waals surface area (Å²) in [6.07, 6.45) is 3.66. The fourth-order valence-corrected chi connectivity index (χ4v) is 0.505. The molecule has 0 atom stereocenters. The van der Waals surface area contributed by atoms with Crippen LogP contribution in [0, 0.1) is 0 Å². The number of rotatable bonds is 0. The zero-order valence-electron chi connectivity index (χ0n) is 3.68. The molecule has 0 aromatic rings. The summed E-state index contributed by atoms with van der Waals surface area (Å²) in [6.45, 7) is 0.611. The molecule has 0 unspecified atom stereocenters. The third kappa shape index (κ3) is 1.25. The Morgan fingerprint density at radius 3 is 3.00 bits per heavy atom. The Balaban J connectivity index is 2.51. The molecule has 38 valence electrons. The summed E-state index contributed by atoms with van der Waals surface area (Å²) < 4.78 is 0. The van der Waals surface area contributed by atoms with E-state index in [1.807, 2.05) is 6.08 Å². The molecule has 1 aliphatic heterocycles. The molecule has 0 spiro atoms. The molecule has 0 saturated heterocycles. The molecule has 1 rings (SSSR count). The van der Waals surface area contributed by atoms with Crippen LogP contribution in [0.3, 0.4) is 0 Å². The summed E-state index contributed by atoms with van der Waals surface area (Å²) in [7, 11) is 0. The summed E-state index contributed by atoms with van der Waals surface area (Å²) in [5.74, 6) is 0. The lowest BCUT2D eigenvalue weighted by molar-refractivity contribution is 0.109. The molecule has 0 fully saturated rings. The van der Waals surface area contributed by atoms with Crippen LogP contribution in [0.2, 0.25) is 0 Å². The van der Waals surface area contributed by atoms with Crippen molar-refractivity contribution in [2.75, 3.05) is 6.61 Å². The van der Waals surface area contributed by atoms with Crippen molar-refractivity contribution in [2.45, 2.75) is 0 Å². The highest BCUT2D eigenvalue weighted by molar-refractivity contribution is 7.80. The Kier molecular flexibility index (Phi) is 1.38. The van der Waals surface area contributed by atoms with Crippen LogP contribution in [0.4, 0.5) is 0 Å². The molecule has 3 heteroatoms. The second-order valence-electron chi connectivity index (χ2n) is 1.18. The first-order valence-electron chi connectivity index (χ1n) is 1.98. The monoisotopic (exact) mass is 115 g/mol. The van der Waals surface area contributed by atoms with Crippen LogP contribution in [-0.2, 0) is 4.84 Å². The molecule has 0 aliphatic carbocycles. The molecular formula is C4H5NOS. The van der Waals surface area contributed by atoms with Gasteiger partial charge in [-0.15, -0.1) is 0 Å². The molecule has 0 bridgehead atoms. The first-order valence-corrected chi connectivity index (χ1v) is 2.39. The fourth-order valence-electron chi connectivity index (χ4n) is 0.350. The van der Waals surface area contributed by atoms with Crippen molar-refractivity contribution in [3.8, 4) is 0 Å². The zero-order valence-corrected chi connectivity index (χ0v) is 4.49. The van der Waals surface area contributed by atoms with Crippen LogP contribution < -0.4 is 5.48 Å². The maximum Gasteiger partial charge on any atom is 0.123 e. The Morgan fingerprint density at radius 2 is 2.71 bits per heavy atom. The van der Waals surface area contributed by atoms with Crippen LogP contribution in [-0.4, -0.2) is 11.6 Å². The third-order valence-corrected chi connectivity index (χ3v) is 0.841. The summed E-state index contributed by atoms with van der Waals surface area (Å²) in [5, 5.41) is 0. The van der Waals surface area contributed by atoms with Gasteiger partial charge in [0.2, 0.25) is 0 Å². The van der Waals surface area contributed by atoms with Gasteiger partial charge in [0.15, 0.2) is 0 Å². The van der Waals surface area contributed by atoms with E-state index in [4.69, 9.17) is 4.84 Å². The Hall–Kier alpha value is -0.410. The second-order valence-corrected chi connectivity index (χ2v) is 1.62. The summed E-state index contributed by atoms with van der Waals surface area (Å²) in [6, 6.07) is 0. The number of nitrogens with one attached hydrogen (secondary N) is 1. The van der Waals surface area contributed by atoms with Crippen molar-refractivity contribution in [1.29, 1.82) is 0 Å². The largest absolute Gasteiger partial charge is 0.271 e. The van der Waals surface area contributed by atoms with Gasteiger partial charge in [0.1, 0.15) is 4.99 Å². The summed E-state index contributed by atoms with van der Waals surface area (Å²) >= 11 is 4.68. The lowest BCUT2D eigenvalue weighted by Gasteiger charge is -2.05. The Morgan fingerprint density at radius 1 is 1.86 bits per heavy atom. The van der Waals surface area contributed by atoms with E-state index in [1.54, 1.807) is 6.08 Å². The average Bonchev–Trinajstić information content (AvgIpc) is 1.69. The predicted molar refractivity (Wildman–Crippen MR) is 30.8 cm³/mol. The maximum absolute atomic E-state index is 4.70. The number of hydrogen-bond acceptors (Lipinski definition) is 2. The van der Waals surface area contributed by atoms with Crippen LogP contribution in [0.1, 0.15) is 0 Å². The molecule has 0 saturated carbocycles. The van der Waals surface area contributed by atoms with Crippen molar-refractivity contribution < 1.29 is 4.84 Å². The molecule has 2 nitrogen and oxygen atoms in total. The van der Waals surface area contributed by atoms with Crippen LogP contribution in [0.15, 0.2) is 12.2 Å². The van der Waals surface area contributed by atoms with E-state index in [0.29, 0.717) is 11.6 Å². The van der Waals surface area contributed by atoms with Crippen molar-refractivity contribution in [1.82, 2.24) is 5.48 Å². The minimum atomic E-state index is 0.611. The summed E-state index contributed by atoms with van der Waals surface area (Å²) in [5.41, 5.74) is 2.53. The molecule has 0 aromatic heterocycles.